The highest BCUT2D eigenvalue weighted by molar-refractivity contribution is 5.70. The number of carboxylic acid groups (broad SMARTS) is 1. The number of carboxylic acids is 1. The maximum absolute atomic E-state index is 11.0. The first kappa shape index (κ1) is 13.8. The van der Waals surface area contributed by atoms with E-state index in [0.29, 0.717) is 18.0 Å². The van der Waals surface area contributed by atoms with Crippen molar-refractivity contribution in [2.75, 3.05) is 13.2 Å². The van der Waals surface area contributed by atoms with Gasteiger partial charge in [-0.25, -0.2) is 0 Å². The summed E-state index contributed by atoms with van der Waals surface area (Å²) >= 11 is 0. The second kappa shape index (κ2) is 6.53. The lowest BCUT2D eigenvalue weighted by atomic mass is 9.84. The average Bonchev–Trinajstić information content (AvgIpc) is 2.40. The molecule has 2 N–H and O–H groups in total. The van der Waals surface area contributed by atoms with Crippen molar-refractivity contribution in [1.29, 1.82) is 0 Å². The van der Waals surface area contributed by atoms with Crippen molar-refractivity contribution < 1.29 is 14.6 Å². The Morgan fingerprint density at radius 3 is 2.67 bits per heavy atom. The molecule has 2 rings (SSSR count). The van der Waals surface area contributed by atoms with Crippen molar-refractivity contribution in [2.24, 2.45) is 11.8 Å². The summed E-state index contributed by atoms with van der Waals surface area (Å²) in [5.74, 6) is -0.0812. The predicted molar refractivity (Wildman–Crippen MR) is 69.5 cm³/mol. The third-order valence-corrected chi connectivity index (χ3v) is 4.50. The van der Waals surface area contributed by atoms with E-state index in [1.54, 1.807) is 0 Å². The van der Waals surface area contributed by atoms with Crippen molar-refractivity contribution in [3.63, 3.8) is 0 Å². The van der Waals surface area contributed by atoms with Gasteiger partial charge in [0.25, 0.3) is 0 Å². The Balaban J connectivity index is 1.79. The Morgan fingerprint density at radius 1 is 1.28 bits per heavy atom. The van der Waals surface area contributed by atoms with Crippen LogP contribution in [0.25, 0.3) is 0 Å². The van der Waals surface area contributed by atoms with Crippen LogP contribution in [0.1, 0.15) is 45.4 Å². The van der Waals surface area contributed by atoms with Gasteiger partial charge in [-0.05, 0) is 44.9 Å². The maximum Gasteiger partial charge on any atom is 0.306 e. The number of carbonyl (C=O) groups is 1. The van der Waals surface area contributed by atoms with Crippen molar-refractivity contribution in [3.8, 4) is 0 Å². The molecular formula is C14H25NO3. The molecule has 0 radical (unpaired) electrons. The minimum absolute atomic E-state index is 0.141. The van der Waals surface area contributed by atoms with E-state index in [9.17, 15) is 4.79 Å². The van der Waals surface area contributed by atoms with Crippen LogP contribution in [0.3, 0.4) is 0 Å². The lowest BCUT2D eigenvalue weighted by Gasteiger charge is -2.34. The van der Waals surface area contributed by atoms with Gasteiger partial charge in [-0.2, -0.15) is 0 Å². The highest BCUT2D eigenvalue weighted by Gasteiger charge is 2.29. The molecule has 1 aliphatic carbocycles. The van der Waals surface area contributed by atoms with Crippen molar-refractivity contribution in [2.45, 2.75) is 57.5 Å². The van der Waals surface area contributed by atoms with Gasteiger partial charge in [-0.1, -0.05) is 6.42 Å². The fourth-order valence-electron chi connectivity index (χ4n) is 3.29. The van der Waals surface area contributed by atoms with E-state index in [1.165, 1.54) is 0 Å². The Labute approximate surface area is 109 Å². The van der Waals surface area contributed by atoms with Crippen LogP contribution in [0.2, 0.25) is 0 Å². The molecule has 104 valence electrons. The number of nitrogens with one attached hydrogen (secondary N) is 1. The zero-order chi connectivity index (χ0) is 13.0. The third kappa shape index (κ3) is 3.69. The molecule has 18 heavy (non-hydrogen) atoms. The molecule has 2 aliphatic rings. The zero-order valence-electron chi connectivity index (χ0n) is 11.2. The normalized spacial score (nSPS) is 32.1. The van der Waals surface area contributed by atoms with E-state index in [0.717, 1.165) is 51.7 Å². The molecule has 1 aliphatic heterocycles. The van der Waals surface area contributed by atoms with Crippen LogP contribution < -0.4 is 5.32 Å². The molecule has 1 saturated heterocycles. The van der Waals surface area contributed by atoms with E-state index < -0.39 is 5.97 Å². The highest BCUT2D eigenvalue weighted by Crippen LogP contribution is 2.26. The molecule has 0 bridgehead atoms. The smallest absolute Gasteiger partial charge is 0.306 e. The third-order valence-electron chi connectivity index (χ3n) is 4.50. The predicted octanol–water partition coefficient (Wildman–Crippen LogP) is 2.03. The molecule has 3 unspecified atom stereocenters. The summed E-state index contributed by atoms with van der Waals surface area (Å²) in [6.45, 7) is 3.98. The molecule has 0 aromatic carbocycles. The molecule has 2 fully saturated rings. The van der Waals surface area contributed by atoms with Gasteiger partial charge in [-0.3, -0.25) is 4.79 Å². The summed E-state index contributed by atoms with van der Waals surface area (Å²) in [4.78, 5) is 11.0. The molecule has 0 aromatic heterocycles. The van der Waals surface area contributed by atoms with Crippen LogP contribution in [0.5, 0.6) is 0 Å². The standard InChI is InChI=1S/C14H25NO3/c1-10(11-5-7-18-8-6-11)15-13-4-2-3-12(9-13)14(16)17/h10-13,15H,2-9H2,1H3,(H,16,17). The van der Waals surface area contributed by atoms with Crippen molar-refractivity contribution in [3.05, 3.63) is 0 Å². The largest absolute Gasteiger partial charge is 0.481 e. The molecule has 0 amide bonds. The van der Waals surface area contributed by atoms with Gasteiger partial charge in [0.2, 0.25) is 0 Å². The molecule has 4 nitrogen and oxygen atoms in total. The van der Waals surface area contributed by atoms with Gasteiger partial charge in [0.1, 0.15) is 0 Å². The summed E-state index contributed by atoms with van der Waals surface area (Å²) in [5, 5.41) is 12.7. The SMILES string of the molecule is CC(NC1CCCC(C(=O)O)C1)C1CCOCC1. The lowest BCUT2D eigenvalue weighted by Crippen LogP contribution is -2.45. The molecule has 0 aromatic rings. The van der Waals surface area contributed by atoms with Crippen LogP contribution in [0.15, 0.2) is 0 Å². The summed E-state index contributed by atoms with van der Waals surface area (Å²) in [6, 6.07) is 0.865. The lowest BCUT2D eigenvalue weighted by molar-refractivity contribution is -0.143. The highest BCUT2D eigenvalue weighted by atomic mass is 16.5. The Hall–Kier alpha value is -0.610. The topological polar surface area (TPSA) is 58.6 Å². The fourth-order valence-corrected chi connectivity index (χ4v) is 3.29. The number of ether oxygens (including phenoxy) is 1. The zero-order valence-corrected chi connectivity index (χ0v) is 11.2. The van der Waals surface area contributed by atoms with Gasteiger partial charge < -0.3 is 15.2 Å². The Kier molecular flexibility index (Phi) is 5.01. The van der Waals surface area contributed by atoms with E-state index in [1.807, 2.05) is 0 Å². The molecular weight excluding hydrogens is 230 g/mol. The van der Waals surface area contributed by atoms with Gasteiger partial charge in [0, 0.05) is 25.3 Å². The second-order valence-corrected chi connectivity index (χ2v) is 5.80. The van der Waals surface area contributed by atoms with E-state index >= 15 is 0 Å². The van der Waals surface area contributed by atoms with E-state index in [2.05, 4.69) is 12.2 Å². The number of rotatable bonds is 4. The molecule has 0 spiro atoms. The quantitative estimate of drug-likeness (QED) is 0.807. The molecule has 3 atom stereocenters. The summed E-state index contributed by atoms with van der Waals surface area (Å²) in [7, 11) is 0. The minimum Gasteiger partial charge on any atom is -0.481 e. The summed E-state index contributed by atoms with van der Waals surface area (Å²) in [5.41, 5.74) is 0. The summed E-state index contributed by atoms with van der Waals surface area (Å²) < 4.78 is 5.38. The number of aliphatic carboxylic acids is 1. The molecule has 1 saturated carbocycles. The van der Waals surface area contributed by atoms with Crippen LogP contribution in [0, 0.1) is 11.8 Å². The fraction of sp³-hybridized carbons (Fsp3) is 0.929. The summed E-state index contributed by atoms with van der Waals surface area (Å²) in [6.07, 6.45) is 6.06. The van der Waals surface area contributed by atoms with Gasteiger partial charge in [0.05, 0.1) is 5.92 Å². The van der Waals surface area contributed by atoms with Crippen molar-refractivity contribution in [1.82, 2.24) is 5.32 Å². The first-order valence-corrected chi connectivity index (χ1v) is 7.23. The number of hydrogen-bond donors (Lipinski definition) is 2. The van der Waals surface area contributed by atoms with E-state index in [4.69, 9.17) is 9.84 Å². The first-order chi connectivity index (χ1) is 8.66. The van der Waals surface area contributed by atoms with Gasteiger partial charge >= 0.3 is 5.97 Å². The van der Waals surface area contributed by atoms with Gasteiger partial charge in [0.15, 0.2) is 0 Å². The maximum atomic E-state index is 11.0. The van der Waals surface area contributed by atoms with Crippen molar-refractivity contribution >= 4 is 5.97 Å². The van der Waals surface area contributed by atoms with Crippen LogP contribution >= 0.6 is 0 Å². The first-order valence-electron chi connectivity index (χ1n) is 7.23. The van der Waals surface area contributed by atoms with Crippen LogP contribution in [-0.4, -0.2) is 36.4 Å². The minimum atomic E-state index is -0.625. The molecule has 4 heteroatoms. The number of hydrogen-bond acceptors (Lipinski definition) is 3. The van der Waals surface area contributed by atoms with E-state index in [-0.39, 0.29) is 5.92 Å². The van der Waals surface area contributed by atoms with Gasteiger partial charge in [-0.15, -0.1) is 0 Å². The monoisotopic (exact) mass is 255 g/mol. The van der Waals surface area contributed by atoms with Crippen LogP contribution in [-0.2, 0) is 9.53 Å². The Morgan fingerprint density at radius 2 is 2.00 bits per heavy atom. The molecule has 1 heterocycles. The van der Waals surface area contributed by atoms with Crippen LogP contribution in [0.4, 0.5) is 0 Å². The second-order valence-electron chi connectivity index (χ2n) is 5.80. The average molecular weight is 255 g/mol. The Bertz CT molecular complexity index is 276.